The van der Waals surface area contributed by atoms with Gasteiger partial charge in [-0.05, 0) is 45.6 Å². The van der Waals surface area contributed by atoms with Crippen LogP contribution in [0.15, 0.2) is 0 Å². The van der Waals surface area contributed by atoms with Crippen LogP contribution in [-0.2, 0) is 0 Å². The van der Waals surface area contributed by atoms with Crippen LogP contribution in [0.5, 0.6) is 0 Å². The van der Waals surface area contributed by atoms with Gasteiger partial charge in [0.2, 0.25) is 0 Å². The van der Waals surface area contributed by atoms with Gasteiger partial charge in [0.05, 0.1) is 0 Å². The molecule has 2 unspecified atom stereocenters. The van der Waals surface area contributed by atoms with E-state index in [0.717, 1.165) is 24.4 Å². The van der Waals surface area contributed by atoms with Crippen molar-refractivity contribution in [2.45, 2.75) is 65.0 Å². The molecule has 3 heteroatoms. The number of nitrogens with one attached hydrogen (secondary N) is 1. The minimum atomic E-state index is 0.284. The zero-order valence-corrected chi connectivity index (χ0v) is 15.0. The molecular weight excluding hydrogens is 258 g/mol. The molecular formula is C18H37N3. The van der Waals surface area contributed by atoms with Gasteiger partial charge in [-0.2, -0.15) is 0 Å². The second-order valence-corrected chi connectivity index (χ2v) is 8.35. The maximum atomic E-state index is 3.90. The van der Waals surface area contributed by atoms with Crippen LogP contribution in [-0.4, -0.2) is 61.2 Å². The van der Waals surface area contributed by atoms with Crippen molar-refractivity contribution in [3.05, 3.63) is 0 Å². The highest BCUT2D eigenvalue weighted by Gasteiger charge is 2.31. The lowest BCUT2D eigenvalue weighted by Gasteiger charge is -2.44. The van der Waals surface area contributed by atoms with Gasteiger partial charge in [-0.1, -0.05) is 26.7 Å². The molecule has 124 valence electrons. The summed E-state index contributed by atoms with van der Waals surface area (Å²) >= 11 is 0. The van der Waals surface area contributed by atoms with E-state index in [1.807, 2.05) is 0 Å². The van der Waals surface area contributed by atoms with E-state index in [-0.39, 0.29) is 5.54 Å². The van der Waals surface area contributed by atoms with Crippen molar-refractivity contribution in [1.82, 2.24) is 15.1 Å². The number of piperazine rings is 1. The summed E-state index contributed by atoms with van der Waals surface area (Å²) in [5.41, 5.74) is 0.284. The highest BCUT2D eigenvalue weighted by Crippen LogP contribution is 2.30. The lowest BCUT2D eigenvalue weighted by molar-refractivity contribution is 0.0579. The van der Waals surface area contributed by atoms with Crippen molar-refractivity contribution in [2.75, 3.05) is 39.8 Å². The Balaban J connectivity index is 1.78. The maximum Gasteiger partial charge on any atom is 0.0278 e. The second kappa shape index (κ2) is 7.43. The van der Waals surface area contributed by atoms with E-state index in [0.29, 0.717) is 0 Å². The number of nitrogens with zero attached hydrogens (tertiary/aromatic N) is 2. The van der Waals surface area contributed by atoms with Gasteiger partial charge >= 0.3 is 0 Å². The second-order valence-electron chi connectivity index (χ2n) is 8.35. The third-order valence-electron chi connectivity index (χ3n) is 5.84. The molecule has 1 aliphatic heterocycles. The molecule has 21 heavy (non-hydrogen) atoms. The molecule has 0 aromatic rings. The Kier molecular flexibility index (Phi) is 6.10. The van der Waals surface area contributed by atoms with Gasteiger partial charge in [0.25, 0.3) is 0 Å². The fourth-order valence-corrected chi connectivity index (χ4v) is 3.94. The van der Waals surface area contributed by atoms with Crippen LogP contribution in [0, 0.1) is 11.8 Å². The van der Waals surface area contributed by atoms with Gasteiger partial charge in [-0.25, -0.2) is 0 Å². The van der Waals surface area contributed by atoms with Crippen molar-refractivity contribution in [2.24, 2.45) is 11.8 Å². The smallest absolute Gasteiger partial charge is 0.0278 e. The van der Waals surface area contributed by atoms with Crippen LogP contribution in [0.1, 0.15) is 53.4 Å². The Hall–Kier alpha value is -0.120. The van der Waals surface area contributed by atoms with Crippen LogP contribution in [0.3, 0.4) is 0 Å². The topological polar surface area (TPSA) is 18.5 Å². The Labute approximate surface area is 132 Å². The van der Waals surface area contributed by atoms with Crippen molar-refractivity contribution in [3.63, 3.8) is 0 Å². The molecule has 0 spiro atoms. The Morgan fingerprint density at radius 3 is 2.38 bits per heavy atom. The van der Waals surface area contributed by atoms with Gasteiger partial charge in [0.1, 0.15) is 0 Å². The lowest BCUT2D eigenvalue weighted by Crippen LogP contribution is -2.58. The zero-order valence-electron chi connectivity index (χ0n) is 15.0. The molecule has 2 fully saturated rings. The summed E-state index contributed by atoms with van der Waals surface area (Å²) < 4.78 is 0. The average molecular weight is 296 g/mol. The van der Waals surface area contributed by atoms with Crippen molar-refractivity contribution >= 4 is 0 Å². The first-order valence-corrected chi connectivity index (χ1v) is 9.05. The highest BCUT2D eigenvalue weighted by atomic mass is 15.3. The van der Waals surface area contributed by atoms with Crippen LogP contribution in [0.4, 0.5) is 0 Å². The first kappa shape index (κ1) is 17.2. The van der Waals surface area contributed by atoms with Crippen molar-refractivity contribution < 1.29 is 0 Å². The van der Waals surface area contributed by atoms with E-state index in [1.54, 1.807) is 0 Å². The summed E-state index contributed by atoms with van der Waals surface area (Å²) in [6, 6.07) is 0.748. The fraction of sp³-hybridized carbons (Fsp3) is 1.00. The lowest BCUT2D eigenvalue weighted by atomic mass is 9.79. The van der Waals surface area contributed by atoms with Crippen LogP contribution < -0.4 is 5.32 Å². The van der Waals surface area contributed by atoms with Crippen molar-refractivity contribution in [3.8, 4) is 0 Å². The summed E-state index contributed by atoms with van der Waals surface area (Å²) in [4.78, 5) is 5.11. The molecule has 0 aromatic heterocycles. The largest absolute Gasteiger partial charge is 0.312 e. The molecule has 0 aromatic carbocycles. The third-order valence-corrected chi connectivity index (χ3v) is 5.84. The first-order valence-electron chi connectivity index (χ1n) is 9.05. The number of likely N-dealkylation sites (N-methyl/N-ethyl adjacent to an activating group) is 1. The van der Waals surface area contributed by atoms with Gasteiger partial charge in [0.15, 0.2) is 0 Å². The molecule has 3 nitrogen and oxygen atoms in total. The van der Waals surface area contributed by atoms with E-state index >= 15 is 0 Å². The zero-order chi connectivity index (χ0) is 15.5. The van der Waals surface area contributed by atoms with Gasteiger partial charge in [-0.3, -0.25) is 4.90 Å². The monoisotopic (exact) mass is 295 g/mol. The summed E-state index contributed by atoms with van der Waals surface area (Å²) in [7, 11) is 2.23. The SMILES string of the molecule is CC(C)C1CCCC(NCC(C)(C)N2CCN(C)CC2)C1. The van der Waals surface area contributed by atoms with Gasteiger partial charge < -0.3 is 10.2 Å². The first-order chi connectivity index (χ1) is 9.88. The third kappa shape index (κ3) is 4.94. The number of hydrogen-bond donors (Lipinski definition) is 1. The predicted octanol–water partition coefficient (Wildman–Crippen LogP) is 2.82. The molecule has 1 heterocycles. The average Bonchev–Trinajstić information content (AvgIpc) is 2.46. The number of hydrogen-bond acceptors (Lipinski definition) is 3. The van der Waals surface area contributed by atoms with Gasteiger partial charge in [-0.15, -0.1) is 0 Å². The van der Waals surface area contributed by atoms with Crippen LogP contribution >= 0.6 is 0 Å². The molecule has 2 atom stereocenters. The Morgan fingerprint density at radius 2 is 1.76 bits per heavy atom. The van der Waals surface area contributed by atoms with Crippen LogP contribution in [0.2, 0.25) is 0 Å². The van der Waals surface area contributed by atoms with Crippen molar-refractivity contribution in [1.29, 1.82) is 0 Å². The maximum absolute atomic E-state index is 3.90. The summed E-state index contributed by atoms with van der Waals surface area (Å²) in [5, 5.41) is 3.90. The molecule has 0 bridgehead atoms. The van der Waals surface area contributed by atoms with E-state index < -0.39 is 0 Å². The molecule has 1 saturated heterocycles. The standard InChI is InChI=1S/C18H37N3/c1-15(2)16-7-6-8-17(13-16)19-14-18(3,4)21-11-9-20(5)10-12-21/h15-17,19H,6-14H2,1-5H3. The highest BCUT2D eigenvalue weighted by molar-refractivity contribution is 4.89. The molecule has 2 rings (SSSR count). The van der Waals surface area contributed by atoms with Crippen LogP contribution in [0.25, 0.3) is 0 Å². The number of rotatable bonds is 5. The summed E-state index contributed by atoms with van der Waals surface area (Å²) in [6.07, 6.45) is 5.62. The van der Waals surface area contributed by atoms with Gasteiger partial charge in [0, 0.05) is 44.3 Å². The molecule has 2 aliphatic rings. The summed E-state index contributed by atoms with van der Waals surface area (Å²) in [5.74, 6) is 1.78. The molecule has 0 amide bonds. The fourth-order valence-electron chi connectivity index (χ4n) is 3.94. The van der Waals surface area contributed by atoms with E-state index in [2.05, 4.69) is 49.9 Å². The molecule has 1 aliphatic carbocycles. The molecule has 0 radical (unpaired) electrons. The normalized spacial score (nSPS) is 30.0. The minimum absolute atomic E-state index is 0.284. The Bertz CT molecular complexity index is 306. The summed E-state index contributed by atoms with van der Waals surface area (Å²) in [6.45, 7) is 15.6. The minimum Gasteiger partial charge on any atom is -0.312 e. The molecule has 1 N–H and O–H groups in total. The van der Waals surface area contributed by atoms with E-state index in [9.17, 15) is 0 Å². The Morgan fingerprint density at radius 1 is 1.10 bits per heavy atom. The quantitative estimate of drug-likeness (QED) is 0.841. The van der Waals surface area contributed by atoms with E-state index in [4.69, 9.17) is 0 Å². The molecule has 1 saturated carbocycles. The van der Waals surface area contributed by atoms with E-state index in [1.165, 1.54) is 51.9 Å². The predicted molar refractivity (Wildman–Crippen MR) is 91.7 cm³/mol.